The summed E-state index contributed by atoms with van der Waals surface area (Å²) in [6.45, 7) is 5.72. The molecule has 1 unspecified atom stereocenters. The fourth-order valence-corrected chi connectivity index (χ4v) is 1.24. The number of carbonyl (C=O) groups excluding carboxylic acids is 1. The van der Waals surface area contributed by atoms with Crippen LogP contribution in [0.25, 0.3) is 0 Å². The molecule has 0 fully saturated rings. The Hall–Kier alpha value is -0.0200. The summed E-state index contributed by atoms with van der Waals surface area (Å²) in [6, 6.07) is -0.271. The van der Waals surface area contributed by atoms with Gasteiger partial charge >= 0.3 is 0 Å². The van der Waals surface area contributed by atoms with Crippen LogP contribution >= 0.6 is 11.8 Å². The van der Waals surface area contributed by atoms with Crippen molar-refractivity contribution in [1.82, 2.24) is 0 Å². The van der Waals surface area contributed by atoms with Crippen molar-refractivity contribution in [3.8, 4) is 0 Å². The van der Waals surface area contributed by atoms with Crippen LogP contribution in [-0.2, 0) is 4.79 Å². The van der Waals surface area contributed by atoms with E-state index in [0.717, 1.165) is 5.75 Å². The second kappa shape index (κ2) is 4.74. The number of rotatable bonds is 4. The molecule has 0 spiro atoms. The van der Waals surface area contributed by atoms with E-state index in [4.69, 9.17) is 5.73 Å². The van der Waals surface area contributed by atoms with E-state index >= 15 is 0 Å². The summed E-state index contributed by atoms with van der Waals surface area (Å²) in [5, 5.41) is 0.561. The topological polar surface area (TPSA) is 43.1 Å². The van der Waals surface area contributed by atoms with Crippen molar-refractivity contribution < 1.29 is 4.79 Å². The van der Waals surface area contributed by atoms with Crippen LogP contribution < -0.4 is 5.73 Å². The van der Waals surface area contributed by atoms with Gasteiger partial charge in [0.25, 0.3) is 0 Å². The van der Waals surface area contributed by atoms with Crippen LogP contribution in [-0.4, -0.2) is 22.8 Å². The van der Waals surface area contributed by atoms with Gasteiger partial charge < -0.3 is 5.73 Å². The quantitative estimate of drug-likeness (QED) is 0.670. The monoisotopic (exact) mass is 161 g/mol. The molecule has 60 valence electrons. The summed E-state index contributed by atoms with van der Waals surface area (Å²) in [5.41, 5.74) is 5.49. The fraction of sp³-hybridized carbons (Fsp3) is 0.857. The van der Waals surface area contributed by atoms with E-state index < -0.39 is 0 Å². The third-order valence-electron chi connectivity index (χ3n) is 1.13. The maximum absolute atomic E-state index is 10.6. The summed E-state index contributed by atoms with van der Waals surface area (Å²) in [7, 11) is 0. The molecule has 0 aromatic heterocycles. The molecule has 10 heavy (non-hydrogen) atoms. The van der Waals surface area contributed by atoms with Crippen LogP contribution in [0.4, 0.5) is 0 Å². The van der Waals surface area contributed by atoms with Gasteiger partial charge in [0.15, 0.2) is 0 Å². The number of carbonyl (C=O) groups is 1. The minimum absolute atomic E-state index is 0.0770. The molecule has 0 amide bonds. The van der Waals surface area contributed by atoms with Gasteiger partial charge in [0.05, 0.1) is 6.04 Å². The molecule has 0 saturated carbocycles. The first-order valence-electron chi connectivity index (χ1n) is 3.41. The number of hydrogen-bond donors (Lipinski definition) is 1. The molecule has 0 rings (SSSR count). The Morgan fingerprint density at radius 2 is 2.10 bits per heavy atom. The van der Waals surface area contributed by atoms with Crippen LogP contribution in [0.2, 0.25) is 0 Å². The molecule has 0 bridgehead atoms. The number of Topliss-reactive ketones (excluding diaryl/α,β-unsaturated/α-hetero) is 1. The summed E-state index contributed by atoms with van der Waals surface area (Å²) < 4.78 is 0. The zero-order chi connectivity index (χ0) is 8.15. The van der Waals surface area contributed by atoms with E-state index in [2.05, 4.69) is 13.8 Å². The average Bonchev–Trinajstić information content (AvgIpc) is 1.82. The van der Waals surface area contributed by atoms with Gasteiger partial charge in [0.1, 0.15) is 5.78 Å². The lowest BCUT2D eigenvalue weighted by atomic mass is 10.3. The van der Waals surface area contributed by atoms with Crippen molar-refractivity contribution >= 4 is 17.5 Å². The molecule has 2 N–H and O–H groups in total. The molecule has 0 aromatic carbocycles. The van der Waals surface area contributed by atoms with Gasteiger partial charge in [-0.15, -0.1) is 0 Å². The smallest absolute Gasteiger partial charge is 0.147 e. The molecule has 0 radical (unpaired) electrons. The minimum Gasteiger partial charge on any atom is -0.321 e. The Kier molecular flexibility index (Phi) is 4.73. The zero-order valence-electron chi connectivity index (χ0n) is 6.76. The molecule has 0 aliphatic heterocycles. The van der Waals surface area contributed by atoms with Crippen molar-refractivity contribution in [3.05, 3.63) is 0 Å². The molecule has 0 aromatic rings. The molecular weight excluding hydrogens is 146 g/mol. The van der Waals surface area contributed by atoms with Gasteiger partial charge in [-0.3, -0.25) is 4.79 Å². The molecule has 0 aliphatic carbocycles. The first-order valence-corrected chi connectivity index (χ1v) is 4.46. The van der Waals surface area contributed by atoms with E-state index in [0.29, 0.717) is 5.25 Å². The van der Waals surface area contributed by atoms with E-state index in [1.165, 1.54) is 6.92 Å². The predicted octanol–water partition coefficient (Wildman–Crippen LogP) is 1.04. The molecule has 1 atom stereocenters. The van der Waals surface area contributed by atoms with Crippen molar-refractivity contribution in [2.24, 2.45) is 5.73 Å². The highest BCUT2D eigenvalue weighted by atomic mass is 32.2. The second-order valence-electron chi connectivity index (χ2n) is 2.60. The van der Waals surface area contributed by atoms with Crippen molar-refractivity contribution in [2.75, 3.05) is 5.75 Å². The number of hydrogen-bond acceptors (Lipinski definition) is 3. The standard InChI is InChI=1S/C7H15NOS/c1-5(2)10-4-7(8)6(3)9/h5,7H,4,8H2,1-3H3. The third kappa shape index (κ3) is 4.82. The Balaban J connectivity index is 3.40. The van der Waals surface area contributed by atoms with Crippen molar-refractivity contribution in [3.63, 3.8) is 0 Å². The first kappa shape index (κ1) is 9.98. The summed E-state index contributed by atoms with van der Waals surface area (Å²) in [5.74, 6) is 0.820. The van der Waals surface area contributed by atoms with E-state index in [1.807, 2.05) is 0 Å². The minimum atomic E-state index is -0.271. The third-order valence-corrected chi connectivity index (χ3v) is 2.35. The normalized spacial score (nSPS) is 13.7. The Morgan fingerprint density at radius 3 is 2.40 bits per heavy atom. The zero-order valence-corrected chi connectivity index (χ0v) is 7.57. The summed E-state index contributed by atoms with van der Waals surface area (Å²) in [4.78, 5) is 10.6. The van der Waals surface area contributed by atoms with E-state index in [1.54, 1.807) is 11.8 Å². The highest BCUT2D eigenvalue weighted by molar-refractivity contribution is 7.99. The summed E-state index contributed by atoms with van der Waals surface area (Å²) in [6.07, 6.45) is 0. The Labute approximate surface area is 66.6 Å². The van der Waals surface area contributed by atoms with Crippen molar-refractivity contribution in [1.29, 1.82) is 0 Å². The predicted molar refractivity (Wildman–Crippen MR) is 46.3 cm³/mol. The Morgan fingerprint density at radius 1 is 1.60 bits per heavy atom. The number of nitrogens with two attached hydrogens (primary N) is 1. The van der Waals surface area contributed by atoms with E-state index in [-0.39, 0.29) is 11.8 Å². The molecular formula is C7H15NOS. The summed E-state index contributed by atoms with van der Waals surface area (Å²) >= 11 is 1.72. The molecule has 0 saturated heterocycles. The van der Waals surface area contributed by atoms with Gasteiger partial charge in [0, 0.05) is 5.75 Å². The lowest BCUT2D eigenvalue weighted by molar-refractivity contribution is -0.117. The molecule has 2 nitrogen and oxygen atoms in total. The highest BCUT2D eigenvalue weighted by Gasteiger charge is 2.07. The van der Waals surface area contributed by atoms with Crippen LogP contribution in [0, 0.1) is 0 Å². The van der Waals surface area contributed by atoms with Gasteiger partial charge in [0.2, 0.25) is 0 Å². The number of thioether (sulfide) groups is 1. The Bertz CT molecular complexity index is 114. The van der Waals surface area contributed by atoms with Crippen LogP contribution in [0.5, 0.6) is 0 Å². The first-order chi connectivity index (χ1) is 4.54. The van der Waals surface area contributed by atoms with Crippen LogP contribution in [0.3, 0.4) is 0 Å². The second-order valence-corrected chi connectivity index (χ2v) is 4.21. The lowest BCUT2D eigenvalue weighted by Crippen LogP contribution is -2.31. The van der Waals surface area contributed by atoms with Gasteiger partial charge in [-0.2, -0.15) is 11.8 Å². The lowest BCUT2D eigenvalue weighted by Gasteiger charge is -2.08. The van der Waals surface area contributed by atoms with Gasteiger partial charge in [-0.05, 0) is 12.2 Å². The largest absolute Gasteiger partial charge is 0.321 e. The maximum Gasteiger partial charge on any atom is 0.147 e. The van der Waals surface area contributed by atoms with Crippen molar-refractivity contribution in [2.45, 2.75) is 32.1 Å². The van der Waals surface area contributed by atoms with Crippen LogP contribution in [0.1, 0.15) is 20.8 Å². The fourth-order valence-electron chi connectivity index (χ4n) is 0.413. The maximum atomic E-state index is 10.6. The van der Waals surface area contributed by atoms with Crippen LogP contribution in [0.15, 0.2) is 0 Å². The van der Waals surface area contributed by atoms with Gasteiger partial charge in [-0.1, -0.05) is 13.8 Å². The highest BCUT2D eigenvalue weighted by Crippen LogP contribution is 2.09. The SMILES string of the molecule is CC(=O)C(N)CSC(C)C. The van der Waals surface area contributed by atoms with E-state index in [9.17, 15) is 4.79 Å². The molecule has 3 heteroatoms. The molecule has 0 aliphatic rings. The van der Waals surface area contributed by atoms with Gasteiger partial charge in [-0.25, -0.2) is 0 Å². The average molecular weight is 161 g/mol. The molecule has 0 heterocycles. The number of ketones is 1.